The van der Waals surface area contributed by atoms with Gasteiger partial charge in [0.2, 0.25) is 5.36 Å². The van der Waals surface area contributed by atoms with Crippen LogP contribution in [-0.2, 0) is 24.7 Å². The van der Waals surface area contributed by atoms with Gasteiger partial charge in [-0.3, -0.25) is 0 Å². The molecule has 2 heterocycles. The van der Waals surface area contributed by atoms with Gasteiger partial charge < -0.3 is 0 Å². The smallest absolute Gasteiger partial charge is 0.0527 e. The summed E-state index contributed by atoms with van der Waals surface area (Å²) in [4.78, 5) is 1.92. The molecule has 1 aliphatic carbocycles. The molecule has 3 aliphatic rings. The van der Waals surface area contributed by atoms with Crippen LogP contribution in [0.15, 0.2) is 76.9 Å². The first-order chi connectivity index (χ1) is 21.4. The molecule has 0 saturated heterocycles. The topological polar surface area (TPSA) is 134 Å². The minimum atomic E-state index is -5.16. The molecule has 1 aromatic carbocycles. The van der Waals surface area contributed by atoms with E-state index in [4.69, 9.17) is 4.42 Å². The molecule has 0 fully saturated rings. The molecule has 0 aromatic heterocycles. The molecule has 2 N–H and O–H groups in total. The van der Waals surface area contributed by atoms with Gasteiger partial charge >= 0.3 is 178 Å². The predicted molar refractivity (Wildman–Crippen MR) is 183 cm³/mol. The average Bonchev–Trinajstić information content (AvgIpc) is 3.16. The van der Waals surface area contributed by atoms with Crippen LogP contribution in [0, 0.1) is 0 Å². The monoisotopic (exact) mass is 712 g/mol. The Morgan fingerprint density at radius 2 is 1.72 bits per heavy atom. The van der Waals surface area contributed by atoms with Crippen molar-refractivity contribution in [1.29, 1.82) is 0 Å². The molecule has 2 aliphatic heterocycles. The van der Waals surface area contributed by atoms with Crippen molar-refractivity contribution in [3.63, 3.8) is 0 Å². The van der Waals surface area contributed by atoms with Gasteiger partial charge in [-0.2, -0.15) is 0 Å². The van der Waals surface area contributed by atoms with Crippen LogP contribution in [0.4, 0.5) is 5.69 Å². The number of rotatable bonds is 10. The Bertz CT molecular complexity index is 1880. The molecule has 46 heavy (non-hydrogen) atoms. The molecule has 0 atom stereocenters. The van der Waals surface area contributed by atoms with Crippen LogP contribution in [0.1, 0.15) is 71.8 Å². The molecule has 1 aromatic rings. The van der Waals surface area contributed by atoms with E-state index in [-0.39, 0.29) is 22.7 Å². The number of benzene rings is 2. The van der Waals surface area contributed by atoms with Gasteiger partial charge in [0.1, 0.15) is 18.8 Å². The van der Waals surface area contributed by atoms with Crippen molar-refractivity contribution < 1.29 is 29.3 Å². The zero-order valence-corrected chi connectivity index (χ0v) is 30.3. The summed E-state index contributed by atoms with van der Waals surface area (Å²) in [5.41, 5.74) is 3.79. The number of anilines is 1. The summed E-state index contributed by atoms with van der Waals surface area (Å²) in [5.74, 6) is 1.03. The number of allylic oxidation sites excluding steroid dienone is 5. The van der Waals surface area contributed by atoms with Gasteiger partial charge in [0, 0.05) is 11.6 Å². The van der Waals surface area contributed by atoms with Crippen LogP contribution in [0.25, 0.3) is 17.4 Å². The van der Waals surface area contributed by atoms with Gasteiger partial charge in [0.05, 0.1) is 6.07 Å². The zero-order valence-electron chi connectivity index (χ0n) is 27.6. The second-order valence-corrected chi connectivity index (χ2v) is 18.0. The first kappa shape index (κ1) is 35.7. The van der Waals surface area contributed by atoms with E-state index < -0.39 is 35.5 Å². The van der Waals surface area contributed by atoms with E-state index in [0.29, 0.717) is 5.76 Å². The van der Waals surface area contributed by atoms with E-state index in [1.54, 1.807) is 6.07 Å². The first-order valence-electron chi connectivity index (χ1n) is 15.5. The number of nitrogens with zero attached hydrogens (tertiary/aromatic N) is 2. The average molecular weight is 713 g/mol. The van der Waals surface area contributed by atoms with Crippen LogP contribution >= 0.6 is 0 Å². The van der Waals surface area contributed by atoms with Crippen LogP contribution in [0.2, 0.25) is 0 Å². The van der Waals surface area contributed by atoms with Gasteiger partial charge in [-0.15, -0.1) is 0 Å². The second kappa shape index (κ2) is 13.5. The summed E-state index contributed by atoms with van der Waals surface area (Å²) in [5, 5.41) is 1.11. The fourth-order valence-corrected chi connectivity index (χ4v) is 7.70. The number of hydrogen-bond donors (Lipinski definition) is 2. The molecule has 11 heteroatoms. The van der Waals surface area contributed by atoms with Gasteiger partial charge in [-0.1, -0.05) is 20.8 Å². The first-order valence-corrected chi connectivity index (χ1v) is 20.5. The van der Waals surface area contributed by atoms with Gasteiger partial charge in [-0.05, 0) is 30.9 Å². The van der Waals surface area contributed by atoms with Gasteiger partial charge in [0.15, 0.2) is 0 Å². The van der Waals surface area contributed by atoms with E-state index in [2.05, 4.69) is 63.5 Å². The Morgan fingerprint density at radius 3 is 2.33 bits per heavy atom. The van der Waals surface area contributed by atoms with Crippen molar-refractivity contribution in [3.8, 4) is 11.3 Å². The van der Waals surface area contributed by atoms with Crippen molar-refractivity contribution in [3.05, 3.63) is 94.7 Å². The minimum absolute atomic E-state index is 0.0234. The molecule has 0 amide bonds. The number of hydrogen-bond acceptors (Lipinski definition) is 6. The van der Waals surface area contributed by atoms with Crippen LogP contribution in [0.3, 0.4) is 0 Å². The van der Waals surface area contributed by atoms with Crippen molar-refractivity contribution >= 4 is 40.4 Å². The van der Waals surface area contributed by atoms with E-state index >= 15 is 0 Å². The molecule has 9 nitrogen and oxygen atoms in total. The normalized spacial score (nSPS) is 16.3. The molecular formula is C35H45AsN2O7S. The molecule has 4 rings (SSSR count). The Balaban J connectivity index is 1.70. The van der Waals surface area contributed by atoms with Crippen molar-refractivity contribution in [1.82, 2.24) is 4.58 Å². The third-order valence-corrected chi connectivity index (χ3v) is 11.2. The molecule has 0 bridgehead atoms. The van der Waals surface area contributed by atoms with Gasteiger partial charge in [-0.25, -0.2) is 4.58 Å². The Morgan fingerprint density at radius 1 is 1.02 bits per heavy atom. The fourth-order valence-electron chi connectivity index (χ4n) is 6.03. The molecule has 0 spiro atoms. The minimum Gasteiger partial charge on any atom is 0.0527 e. The summed E-state index contributed by atoms with van der Waals surface area (Å²) in [7, 11) is -4.38. The quantitative estimate of drug-likeness (QED) is 0.138. The van der Waals surface area contributed by atoms with Crippen molar-refractivity contribution in [2.24, 2.45) is 0 Å². The number of fused-ring (bicyclic) bond motifs is 2. The Hall–Kier alpha value is -3.14. The summed E-state index contributed by atoms with van der Waals surface area (Å²) in [6.45, 7) is 16.8. The van der Waals surface area contributed by atoms with Crippen molar-refractivity contribution in [2.75, 3.05) is 30.3 Å². The van der Waals surface area contributed by atoms with Crippen LogP contribution in [0.5, 0.6) is 0 Å². The third-order valence-electron chi connectivity index (χ3n) is 8.43. The summed E-state index contributed by atoms with van der Waals surface area (Å²) < 4.78 is 74.3. The molecule has 248 valence electrons. The summed E-state index contributed by atoms with van der Waals surface area (Å²) in [6.07, 6.45) is 9.57. The Labute approximate surface area is 275 Å². The molecule has 0 saturated carbocycles. The standard InChI is InChI=1S/C35H45AsN2O7S/c1-8-37(9-2)26-17-18-28-29(34(3,4)5)24-27(45-32(28)23-26)14-11-10-12-15-33-35(6,7)30-22-25(36(39,40)41)16-19-31(30)38(33)20-13-21-46(42,43)44/h10-12,14-19,22-24H,8-9,13,20-21H2,1-7H3,(H2-,39,40,41,42,43,44). The third kappa shape index (κ3) is 8.04. The fraction of sp³-hybridized carbons (Fsp3) is 0.400. The molecular weight excluding hydrogens is 667 g/mol. The van der Waals surface area contributed by atoms with E-state index in [1.165, 1.54) is 17.7 Å². The van der Waals surface area contributed by atoms with Crippen molar-refractivity contribution in [2.45, 2.75) is 65.7 Å². The summed E-state index contributed by atoms with van der Waals surface area (Å²) >= 11 is -5.16. The zero-order chi connectivity index (χ0) is 34.1. The molecule has 0 unspecified atom stereocenters. The van der Waals surface area contributed by atoms with E-state index in [0.717, 1.165) is 46.7 Å². The maximum atomic E-state index is 12.1. The second-order valence-electron chi connectivity index (χ2n) is 13.1. The van der Waals surface area contributed by atoms with E-state index in [1.807, 2.05) is 49.1 Å². The predicted octanol–water partition coefficient (Wildman–Crippen LogP) is 4.24. The molecule has 0 radical (unpaired) electrons. The maximum absolute atomic E-state index is 12.1. The SMILES string of the molecule is CC[N+](CC)=c1ccc2c(C(C)(C)C)cc(/C=C/C=C/C=C3\N(CCCS(=O)(=O)[O-])c4ccc([As](=O)(O)O)cc4C3(C)C)oc-2c1. The van der Waals surface area contributed by atoms with Gasteiger partial charge in [0.25, 0.3) is 0 Å². The van der Waals surface area contributed by atoms with E-state index in [9.17, 15) is 24.9 Å². The van der Waals surface area contributed by atoms with Crippen LogP contribution in [-0.4, -0.2) is 60.7 Å². The summed E-state index contributed by atoms with van der Waals surface area (Å²) in [6, 6.07) is 13.1. The van der Waals surface area contributed by atoms with Crippen LogP contribution < -0.4 is 19.2 Å². The Kier molecular flexibility index (Phi) is 10.5.